The molecule has 1 aliphatic rings. The van der Waals surface area contributed by atoms with E-state index >= 15 is 0 Å². The number of carbonyl (C=O) groups excluding carboxylic acids is 1. The van der Waals surface area contributed by atoms with Crippen LogP contribution in [0.5, 0.6) is 5.75 Å². The van der Waals surface area contributed by atoms with Crippen molar-refractivity contribution in [1.29, 1.82) is 0 Å². The minimum atomic E-state index is -4.73. The van der Waals surface area contributed by atoms with Crippen LogP contribution in [0.4, 0.5) is 13.2 Å². The van der Waals surface area contributed by atoms with Crippen LogP contribution < -0.4 is 4.74 Å². The first-order valence-corrected chi connectivity index (χ1v) is 6.59. The van der Waals surface area contributed by atoms with E-state index in [4.69, 9.17) is 11.6 Å². The lowest BCUT2D eigenvalue weighted by Gasteiger charge is -2.19. The van der Waals surface area contributed by atoms with E-state index in [1.807, 2.05) is 0 Å². The second-order valence-electron chi connectivity index (χ2n) is 4.51. The van der Waals surface area contributed by atoms with Gasteiger partial charge in [-0.15, -0.1) is 24.8 Å². The molecule has 1 fully saturated rings. The standard InChI is InChI=1S/C13H13ClF3NO2/c14-11(12(19)18-7-1-2-8-18)9-3-5-10(6-4-9)20-13(15,16)17/h3-6,11H,1-2,7-8H2. The van der Waals surface area contributed by atoms with E-state index in [1.54, 1.807) is 4.90 Å². The van der Waals surface area contributed by atoms with E-state index in [2.05, 4.69) is 4.74 Å². The van der Waals surface area contributed by atoms with Gasteiger partial charge in [-0.3, -0.25) is 4.79 Å². The Bertz CT molecular complexity index is 469. The number of benzene rings is 1. The fourth-order valence-electron chi connectivity index (χ4n) is 2.08. The molecule has 1 aromatic carbocycles. The van der Waals surface area contributed by atoms with E-state index in [0.29, 0.717) is 18.7 Å². The van der Waals surface area contributed by atoms with Crippen molar-refractivity contribution in [3.05, 3.63) is 29.8 Å². The molecule has 3 nitrogen and oxygen atoms in total. The van der Waals surface area contributed by atoms with Crippen molar-refractivity contribution in [2.45, 2.75) is 24.6 Å². The smallest absolute Gasteiger partial charge is 0.406 e. The second kappa shape index (κ2) is 5.91. The molecular formula is C13H13ClF3NO2. The molecule has 20 heavy (non-hydrogen) atoms. The van der Waals surface area contributed by atoms with Gasteiger partial charge in [0.2, 0.25) is 5.91 Å². The van der Waals surface area contributed by atoms with Crippen LogP contribution in [0.2, 0.25) is 0 Å². The van der Waals surface area contributed by atoms with Crippen molar-refractivity contribution in [2.75, 3.05) is 13.1 Å². The molecule has 1 aromatic rings. The number of hydrogen-bond donors (Lipinski definition) is 0. The van der Waals surface area contributed by atoms with Crippen LogP contribution in [-0.2, 0) is 4.79 Å². The van der Waals surface area contributed by atoms with Crippen molar-refractivity contribution in [3.8, 4) is 5.75 Å². The van der Waals surface area contributed by atoms with E-state index in [0.717, 1.165) is 25.0 Å². The highest BCUT2D eigenvalue weighted by Crippen LogP contribution is 2.28. The molecule has 0 radical (unpaired) electrons. The predicted molar refractivity (Wildman–Crippen MR) is 67.5 cm³/mol. The van der Waals surface area contributed by atoms with Crippen molar-refractivity contribution in [1.82, 2.24) is 4.90 Å². The number of ether oxygens (including phenoxy) is 1. The average molecular weight is 308 g/mol. The molecule has 0 spiro atoms. The topological polar surface area (TPSA) is 29.5 Å². The summed E-state index contributed by atoms with van der Waals surface area (Å²) in [5, 5.41) is -0.881. The Morgan fingerprint density at radius 1 is 1.20 bits per heavy atom. The van der Waals surface area contributed by atoms with E-state index in [9.17, 15) is 18.0 Å². The average Bonchev–Trinajstić information content (AvgIpc) is 2.90. The highest BCUT2D eigenvalue weighted by molar-refractivity contribution is 6.30. The van der Waals surface area contributed by atoms with Gasteiger partial charge in [0.1, 0.15) is 11.1 Å². The van der Waals surface area contributed by atoms with Crippen molar-refractivity contribution < 1.29 is 22.7 Å². The quantitative estimate of drug-likeness (QED) is 0.800. The van der Waals surface area contributed by atoms with Gasteiger partial charge < -0.3 is 9.64 Å². The number of halogens is 4. The highest BCUT2D eigenvalue weighted by atomic mass is 35.5. The van der Waals surface area contributed by atoms with Crippen LogP contribution in [0.15, 0.2) is 24.3 Å². The van der Waals surface area contributed by atoms with Gasteiger partial charge >= 0.3 is 6.36 Å². The van der Waals surface area contributed by atoms with Crippen LogP contribution in [0.25, 0.3) is 0 Å². The lowest BCUT2D eigenvalue weighted by Crippen LogP contribution is -2.30. The van der Waals surface area contributed by atoms with Crippen LogP contribution >= 0.6 is 11.6 Å². The van der Waals surface area contributed by atoms with Crippen molar-refractivity contribution in [2.24, 2.45) is 0 Å². The number of nitrogens with zero attached hydrogens (tertiary/aromatic N) is 1. The fraction of sp³-hybridized carbons (Fsp3) is 0.462. The first kappa shape index (κ1) is 15.0. The summed E-state index contributed by atoms with van der Waals surface area (Å²) in [4.78, 5) is 13.7. The summed E-state index contributed by atoms with van der Waals surface area (Å²) in [7, 11) is 0. The first-order chi connectivity index (χ1) is 9.37. The molecule has 1 aliphatic heterocycles. The lowest BCUT2D eigenvalue weighted by atomic mass is 10.1. The zero-order valence-electron chi connectivity index (χ0n) is 10.5. The maximum Gasteiger partial charge on any atom is 0.573 e. The summed E-state index contributed by atoms with van der Waals surface area (Å²) in [5.41, 5.74) is 0.457. The second-order valence-corrected chi connectivity index (χ2v) is 4.95. The van der Waals surface area contributed by atoms with Gasteiger partial charge in [0.15, 0.2) is 0 Å². The number of rotatable bonds is 3. The molecule has 0 aliphatic carbocycles. The van der Waals surface area contributed by atoms with Crippen LogP contribution in [0, 0.1) is 0 Å². The summed E-state index contributed by atoms with van der Waals surface area (Å²) in [5.74, 6) is -0.549. The molecule has 1 heterocycles. The van der Waals surface area contributed by atoms with E-state index in [1.165, 1.54) is 12.1 Å². The minimum Gasteiger partial charge on any atom is -0.406 e. The van der Waals surface area contributed by atoms with E-state index < -0.39 is 11.7 Å². The largest absolute Gasteiger partial charge is 0.573 e. The molecule has 110 valence electrons. The van der Waals surface area contributed by atoms with Crippen LogP contribution in [0.1, 0.15) is 23.8 Å². The Morgan fingerprint density at radius 3 is 2.25 bits per heavy atom. The minimum absolute atomic E-state index is 0.214. The molecule has 0 saturated carbocycles. The zero-order valence-corrected chi connectivity index (χ0v) is 11.2. The Balaban J connectivity index is 2.03. The number of likely N-dealkylation sites (tertiary alicyclic amines) is 1. The third-order valence-electron chi connectivity index (χ3n) is 3.04. The Morgan fingerprint density at radius 2 is 1.75 bits per heavy atom. The highest BCUT2D eigenvalue weighted by Gasteiger charge is 2.31. The summed E-state index contributed by atoms with van der Waals surface area (Å²) >= 11 is 6.07. The molecule has 7 heteroatoms. The van der Waals surface area contributed by atoms with Gasteiger partial charge in [-0.05, 0) is 30.5 Å². The summed E-state index contributed by atoms with van der Waals surface area (Å²) in [6.45, 7) is 1.36. The monoisotopic (exact) mass is 307 g/mol. The maximum absolute atomic E-state index is 12.0. The third kappa shape index (κ3) is 3.79. The van der Waals surface area contributed by atoms with Gasteiger partial charge in [0, 0.05) is 13.1 Å². The Kier molecular flexibility index (Phi) is 4.42. The van der Waals surface area contributed by atoms with Crippen LogP contribution in [0.3, 0.4) is 0 Å². The van der Waals surface area contributed by atoms with Gasteiger partial charge in [-0.2, -0.15) is 0 Å². The first-order valence-electron chi connectivity index (χ1n) is 6.15. The van der Waals surface area contributed by atoms with Gasteiger partial charge in [-0.1, -0.05) is 12.1 Å². The molecule has 1 saturated heterocycles. The molecule has 2 rings (SSSR count). The lowest BCUT2D eigenvalue weighted by molar-refractivity contribution is -0.274. The van der Waals surface area contributed by atoms with Crippen LogP contribution in [-0.4, -0.2) is 30.3 Å². The maximum atomic E-state index is 12.0. The van der Waals surface area contributed by atoms with Gasteiger partial charge in [0.05, 0.1) is 0 Å². The SMILES string of the molecule is O=C(C(Cl)c1ccc(OC(F)(F)F)cc1)N1CCCC1. The molecule has 0 aromatic heterocycles. The molecule has 1 amide bonds. The van der Waals surface area contributed by atoms with Gasteiger partial charge in [-0.25, -0.2) is 0 Å². The van der Waals surface area contributed by atoms with Crippen molar-refractivity contribution in [3.63, 3.8) is 0 Å². The van der Waals surface area contributed by atoms with E-state index in [-0.39, 0.29) is 11.7 Å². The molecule has 0 bridgehead atoms. The number of carbonyl (C=O) groups is 1. The van der Waals surface area contributed by atoms with Crippen molar-refractivity contribution >= 4 is 17.5 Å². The molecule has 1 unspecified atom stereocenters. The summed E-state index contributed by atoms with van der Waals surface area (Å²) in [6, 6.07) is 5.03. The number of alkyl halides is 4. The zero-order chi connectivity index (χ0) is 14.8. The molecule has 1 atom stereocenters. The normalized spacial score (nSPS) is 17.1. The number of hydrogen-bond acceptors (Lipinski definition) is 2. The number of amides is 1. The Hall–Kier alpha value is -1.43. The summed E-state index contributed by atoms with van der Waals surface area (Å²) < 4.78 is 39.8. The van der Waals surface area contributed by atoms with Gasteiger partial charge in [0.25, 0.3) is 0 Å². The predicted octanol–water partition coefficient (Wildman–Crippen LogP) is 3.49. The molecule has 0 N–H and O–H groups in total. The summed E-state index contributed by atoms with van der Waals surface area (Å²) in [6.07, 6.45) is -2.82. The molecular weight excluding hydrogens is 295 g/mol. The Labute approximate surface area is 119 Å². The fourth-order valence-corrected chi connectivity index (χ4v) is 2.36. The third-order valence-corrected chi connectivity index (χ3v) is 3.48.